The van der Waals surface area contributed by atoms with E-state index in [4.69, 9.17) is 9.94 Å². The number of thioether (sulfide) groups is 2. The summed E-state index contributed by atoms with van der Waals surface area (Å²) >= 11 is 2.50. The summed E-state index contributed by atoms with van der Waals surface area (Å²) in [6, 6.07) is 0. The quantitative estimate of drug-likeness (QED) is 0.0465. The molecule has 14 heteroatoms. The van der Waals surface area contributed by atoms with Gasteiger partial charge in [0.25, 0.3) is 0 Å². The number of hydrogen-bond acceptors (Lipinski definition) is 11. The standard InChI is InChI=1S/C29H54N4O8S2.C2H4/c1-5-23(10-6-8-12-30-27(38)19-42-18-25(36)17-34)26(37)16-24(22(2)35)11-7-9-13-31-28(39)20-43-21-29(40)32-14-15-41-33(3)4;1-2/h23-25,34,36H,5-21H2,1-4H3,(H,30,38)(H,31,39)(H,32,40);1-2H2/t23-,24+,25?;/m0./s1. The molecule has 0 bridgehead atoms. The Labute approximate surface area is 278 Å². The predicted octanol–water partition coefficient (Wildman–Crippen LogP) is 1.98. The number of unbranched alkanes of at least 4 members (excludes halogenated alkanes) is 2. The first-order valence-electron chi connectivity index (χ1n) is 15.6. The summed E-state index contributed by atoms with van der Waals surface area (Å²) in [6.45, 7) is 10.9. The van der Waals surface area contributed by atoms with E-state index in [-0.39, 0.29) is 71.4 Å². The van der Waals surface area contributed by atoms with E-state index >= 15 is 0 Å². The fourth-order valence-electron chi connectivity index (χ4n) is 4.09. The molecule has 12 nitrogen and oxygen atoms in total. The zero-order chi connectivity index (χ0) is 34.5. The van der Waals surface area contributed by atoms with Crippen LogP contribution in [0.5, 0.6) is 0 Å². The number of hydroxylamine groups is 2. The lowest BCUT2D eigenvalue weighted by molar-refractivity contribution is -0.129. The zero-order valence-corrected chi connectivity index (χ0v) is 29.4. The molecule has 0 aliphatic heterocycles. The Morgan fingerprint density at radius 1 is 0.800 bits per heavy atom. The Balaban J connectivity index is 0. The average molecular weight is 679 g/mol. The highest BCUT2D eigenvalue weighted by Gasteiger charge is 2.23. The van der Waals surface area contributed by atoms with Gasteiger partial charge in [-0.05, 0) is 39.0 Å². The van der Waals surface area contributed by atoms with Crippen molar-refractivity contribution >= 4 is 52.8 Å². The van der Waals surface area contributed by atoms with Gasteiger partial charge in [-0.1, -0.05) is 19.8 Å². The van der Waals surface area contributed by atoms with Crippen molar-refractivity contribution in [3.8, 4) is 0 Å². The molecule has 3 atom stereocenters. The summed E-state index contributed by atoms with van der Waals surface area (Å²) in [4.78, 5) is 66.0. The molecule has 0 saturated carbocycles. The number of hydrogen-bond donors (Lipinski definition) is 5. The first-order valence-corrected chi connectivity index (χ1v) is 17.9. The van der Waals surface area contributed by atoms with Gasteiger partial charge in [0.1, 0.15) is 11.6 Å². The first-order chi connectivity index (χ1) is 21.5. The van der Waals surface area contributed by atoms with E-state index in [1.807, 2.05) is 6.92 Å². The van der Waals surface area contributed by atoms with E-state index in [0.29, 0.717) is 57.7 Å². The number of aliphatic hydroxyl groups excluding tert-OH is 2. The van der Waals surface area contributed by atoms with Crippen LogP contribution in [0.4, 0.5) is 0 Å². The number of rotatable bonds is 28. The SMILES string of the molecule is C=C.CC[C@@H](CCCCNC(=O)CSCC(O)CO)C(=O)C[C@@H](CCCCNC(=O)CSCC(=O)NCCON(C)C)C(C)=O. The minimum absolute atomic E-state index is 0.00211. The van der Waals surface area contributed by atoms with Crippen molar-refractivity contribution in [2.75, 3.05) is 70.0 Å². The van der Waals surface area contributed by atoms with Crippen LogP contribution in [0.1, 0.15) is 65.2 Å². The van der Waals surface area contributed by atoms with Crippen molar-refractivity contribution in [3.05, 3.63) is 13.2 Å². The minimum atomic E-state index is -0.820. The van der Waals surface area contributed by atoms with E-state index in [2.05, 4.69) is 29.1 Å². The van der Waals surface area contributed by atoms with Crippen molar-refractivity contribution < 1.29 is 39.0 Å². The molecule has 3 amide bonds. The molecule has 0 aromatic rings. The van der Waals surface area contributed by atoms with E-state index < -0.39 is 6.10 Å². The number of carbonyl (C=O) groups excluding carboxylic acids is 5. The Morgan fingerprint density at radius 2 is 1.29 bits per heavy atom. The molecule has 45 heavy (non-hydrogen) atoms. The lowest BCUT2D eigenvalue weighted by atomic mass is 9.85. The molecule has 262 valence electrons. The highest BCUT2D eigenvalue weighted by Crippen LogP contribution is 2.22. The summed E-state index contributed by atoms with van der Waals surface area (Å²) in [5.74, 6) is 0.157. The Bertz CT molecular complexity index is 835. The fourth-order valence-corrected chi connectivity index (χ4v) is 5.55. The summed E-state index contributed by atoms with van der Waals surface area (Å²) in [6.07, 6.45) is 4.38. The van der Waals surface area contributed by atoms with Crippen LogP contribution in [-0.4, -0.2) is 121 Å². The lowest BCUT2D eigenvalue weighted by Crippen LogP contribution is -2.31. The topological polar surface area (TPSA) is 174 Å². The summed E-state index contributed by atoms with van der Waals surface area (Å²) in [7, 11) is 3.52. The van der Waals surface area contributed by atoms with Gasteiger partial charge in [-0.15, -0.1) is 36.7 Å². The molecule has 0 heterocycles. The summed E-state index contributed by atoms with van der Waals surface area (Å²) in [5.41, 5.74) is 0. The molecule has 0 aliphatic carbocycles. The third-order valence-corrected chi connectivity index (χ3v) is 8.59. The molecular weight excluding hydrogens is 620 g/mol. The number of aliphatic hydroxyl groups is 2. The monoisotopic (exact) mass is 678 g/mol. The number of nitrogens with one attached hydrogen (secondary N) is 3. The lowest BCUT2D eigenvalue weighted by Gasteiger charge is -2.18. The van der Waals surface area contributed by atoms with E-state index in [0.717, 1.165) is 19.3 Å². The third-order valence-electron chi connectivity index (χ3n) is 6.57. The van der Waals surface area contributed by atoms with Crippen LogP contribution in [0, 0.1) is 11.8 Å². The molecule has 0 aromatic heterocycles. The number of amides is 3. The van der Waals surface area contributed by atoms with Crippen LogP contribution in [0.2, 0.25) is 0 Å². The average Bonchev–Trinajstić information content (AvgIpc) is 3.00. The Hall–Kier alpha value is -1.97. The van der Waals surface area contributed by atoms with Crippen LogP contribution >= 0.6 is 23.5 Å². The fraction of sp³-hybridized carbons (Fsp3) is 0.774. The molecular formula is C31H58N4O8S2. The molecule has 1 unspecified atom stereocenters. The summed E-state index contributed by atoms with van der Waals surface area (Å²) < 4.78 is 0. The first kappa shape index (κ1) is 45.2. The Kier molecular flexibility index (Phi) is 30.8. The van der Waals surface area contributed by atoms with Gasteiger partial charge in [0, 0.05) is 57.7 Å². The van der Waals surface area contributed by atoms with Gasteiger partial charge < -0.3 is 26.2 Å². The molecule has 0 aliphatic rings. The normalized spacial score (nSPS) is 12.8. The van der Waals surface area contributed by atoms with Crippen LogP contribution in [-0.2, 0) is 28.8 Å². The second-order valence-corrected chi connectivity index (χ2v) is 12.6. The second-order valence-electron chi connectivity index (χ2n) is 10.6. The van der Waals surface area contributed by atoms with Crippen molar-refractivity contribution in [2.45, 2.75) is 71.3 Å². The number of nitrogens with zero attached hydrogens (tertiary/aromatic N) is 1. The number of Topliss-reactive ketones (excluding diaryl/α,β-unsaturated/α-hetero) is 2. The minimum Gasteiger partial charge on any atom is -0.394 e. The Morgan fingerprint density at radius 3 is 1.76 bits per heavy atom. The number of ketones is 2. The molecule has 0 aromatic carbocycles. The maximum absolute atomic E-state index is 12.9. The molecule has 0 fully saturated rings. The zero-order valence-electron chi connectivity index (χ0n) is 27.8. The largest absolute Gasteiger partial charge is 0.394 e. The van der Waals surface area contributed by atoms with Crippen LogP contribution in [0.25, 0.3) is 0 Å². The van der Waals surface area contributed by atoms with Crippen molar-refractivity contribution in [3.63, 3.8) is 0 Å². The molecule has 0 radical (unpaired) electrons. The van der Waals surface area contributed by atoms with Crippen molar-refractivity contribution in [2.24, 2.45) is 11.8 Å². The number of carbonyl (C=O) groups is 5. The van der Waals surface area contributed by atoms with Gasteiger partial charge >= 0.3 is 0 Å². The van der Waals surface area contributed by atoms with Gasteiger partial charge in [-0.25, -0.2) is 0 Å². The van der Waals surface area contributed by atoms with Gasteiger partial charge in [-0.3, -0.25) is 28.8 Å². The highest BCUT2D eigenvalue weighted by molar-refractivity contribution is 8.00. The molecule has 5 N–H and O–H groups in total. The molecule has 0 rings (SSSR count). The van der Waals surface area contributed by atoms with E-state index in [1.165, 1.54) is 30.4 Å². The maximum Gasteiger partial charge on any atom is 0.230 e. The van der Waals surface area contributed by atoms with Crippen LogP contribution in [0.3, 0.4) is 0 Å². The van der Waals surface area contributed by atoms with Gasteiger partial charge in [-0.2, -0.15) is 5.06 Å². The second kappa shape index (κ2) is 30.7. The van der Waals surface area contributed by atoms with E-state index in [9.17, 15) is 29.1 Å². The maximum atomic E-state index is 12.9. The van der Waals surface area contributed by atoms with Crippen molar-refractivity contribution in [1.29, 1.82) is 0 Å². The smallest absolute Gasteiger partial charge is 0.230 e. The molecule has 0 spiro atoms. The van der Waals surface area contributed by atoms with E-state index in [1.54, 1.807) is 19.2 Å². The highest BCUT2D eigenvalue weighted by atomic mass is 32.2. The third kappa shape index (κ3) is 28.0. The van der Waals surface area contributed by atoms with Crippen LogP contribution < -0.4 is 16.0 Å². The van der Waals surface area contributed by atoms with Gasteiger partial charge in [0.05, 0.1) is 36.6 Å². The van der Waals surface area contributed by atoms with Gasteiger partial charge in [0.15, 0.2) is 0 Å². The molecule has 0 saturated heterocycles. The van der Waals surface area contributed by atoms with Gasteiger partial charge in [0.2, 0.25) is 17.7 Å². The van der Waals surface area contributed by atoms with Crippen LogP contribution in [0.15, 0.2) is 13.2 Å². The van der Waals surface area contributed by atoms with Crippen molar-refractivity contribution in [1.82, 2.24) is 21.0 Å². The predicted molar refractivity (Wildman–Crippen MR) is 183 cm³/mol. The summed E-state index contributed by atoms with van der Waals surface area (Å²) in [5, 5.41) is 28.0.